The number of halogens is 11. The van der Waals surface area contributed by atoms with E-state index >= 15 is 0 Å². The van der Waals surface area contributed by atoms with Gasteiger partial charge in [-0.05, 0) is 0 Å². The smallest absolute Gasteiger partial charge is 0.304 e. The molecule has 0 bridgehead atoms. The highest BCUT2D eigenvalue weighted by atomic mass is 19.4. The standard InChI is InChI=1S/C5H2F11N/c6-2(7,5(14,15)16)1(17,3(8,9)10)4(11,12)13/h17H2. The summed E-state index contributed by atoms with van der Waals surface area (Å²) in [5.74, 6) is -7.21. The van der Waals surface area contributed by atoms with Gasteiger partial charge < -0.3 is 5.73 Å². The highest BCUT2D eigenvalue weighted by molar-refractivity contribution is 5.11. The van der Waals surface area contributed by atoms with Gasteiger partial charge in [0, 0.05) is 0 Å². The van der Waals surface area contributed by atoms with Gasteiger partial charge >= 0.3 is 24.5 Å². The van der Waals surface area contributed by atoms with Gasteiger partial charge in [0.1, 0.15) is 0 Å². The Balaban J connectivity index is 6.04. The first kappa shape index (κ1) is 16.2. The van der Waals surface area contributed by atoms with Crippen LogP contribution in [0, 0.1) is 0 Å². The summed E-state index contributed by atoms with van der Waals surface area (Å²) in [6, 6.07) is 0. The molecule has 0 aliphatic rings. The van der Waals surface area contributed by atoms with Crippen LogP contribution >= 0.6 is 0 Å². The molecular weight excluding hydrogens is 283 g/mol. The van der Waals surface area contributed by atoms with E-state index in [0.29, 0.717) is 0 Å². The molecule has 0 fully saturated rings. The Morgan fingerprint density at radius 1 is 0.471 bits per heavy atom. The number of alkyl halides is 11. The fourth-order valence-electron chi connectivity index (χ4n) is 0.740. The normalized spacial score (nSPS) is 16.2. The summed E-state index contributed by atoms with van der Waals surface area (Å²) < 4.78 is 130. The molecule has 0 aromatic heterocycles. The van der Waals surface area contributed by atoms with Crippen LogP contribution in [0.25, 0.3) is 0 Å². The van der Waals surface area contributed by atoms with Crippen molar-refractivity contribution in [3.63, 3.8) is 0 Å². The monoisotopic (exact) mass is 285 g/mol. The van der Waals surface area contributed by atoms with Crippen LogP contribution < -0.4 is 5.73 Å². The maximum absolute atomic E-state index is 12.3. The fraction of sp³-hybridized carbons (Fsp3) is 1.00. The van der Waals surface area contributed by atoms with Crippen molar-refractivity contribution < 1.29 is 48.3 Å². The Morgan fingerprint density at radius 2 is 0.706 bits per heavy atom. The topological polar surface area (TPSA) is 26.0 Å². The maximum atomic E-state index is 12.3. The third-order valence-electron chi connectivity index (χ3n) is 1.75. The lowest BCUT2D eigenvalue weighted by molar-refractivity contribution is -0.407. The van der Waals surface area contributed by atoms with E-state index in [2.05, 4.69) is 5.73 Å². The molecule has 0 saturated heterocycles. The first-order valence-corrected chi connectivity index (χ1v) is 3.37. The molecule has 1 nitrogen and oxygen atoms in total. The van der Waals surface area contributed by atoms with E-state index in [1.807, 2.05) is 0 Å². The molecule has 17 heavy (non-hydrogen) atoms. The predicted octanol–water partition coefficient (Wildman–Crippen LogP) is 3.01. The number of hydrogen-bond donors (Lipinski definition) is 1. The Labute approximate surface area is 85.4 Å². The highest BCUT2D eigenvalue weighted by Crippen LogP contribution is 2.55. The van der Waals surface area contributed by atoms with Crippen molar-refractivity contribution in [1.82, 2.24) is 0 Å². The van der Waals surface area contributed by atoms with Crippen LogP contribution in [-0.2, 0) is 0 Å². The van der Waals surface area contributed by atoms with E-state index in [1.54, 1.807) is 0 Å². The quantitative estimate of drug-likeness (QED) is 0.736. The molecule has 0 heterocycles. The molecular formula is C5H2F11N. The molecule has 0 aliphatic carbocycles. The molecule has 0 rings (SSSR count). The minimum Gasteiger partial charge on any atom is -0.304 e. The minimum absolute atomic E-state index is 3.30. The molecule has 0 aromatic rings. The molecule has 0 radical (unpaired) electrons. The summed E-state index contributed by atoms with van der Waals surface area (Å²) in [4.78, 5) is 0. The summed E-state index contributed by atoms with van der Waals surface area (Å²) in [6.07, 6.45) is -21.2. The van der Waals surface area contributed by atoms with Crippen molar-refractivity contribution in [2.24, 2.45) is 5.73 Å². The van der Waals surface area contributed by atoms with Crippen molar-refractivity contribution in [3.05, 3.63) is 0 Å². The molecule has 0 saturated carbocycles. The zero-order chi connectivity index (χ0) is 14.5. The van der Waals surface area contributed by atoms with Gasteiger partial charge in [0.15, 0.2) is 0 Å². The Kier molecular flexibility index (Phi) is 3.42. The molecule has 0 unspecified atom stereocenters. The first-order chi connectivity index (χ1) is 7.00. The number of hydrogen-bond acceptors (Lipinski definition) is 1. The molecule has 0 aromatic carbocycles. The van der Waals surface area contributed by atoms with Crippen LogP contribution in [0.2, 0.25) is 0 Å². The number of rotatable bonds is 1. The molecule has 0 amide bonds. The van der Waals surface area contributed by atoms with Gasteiger partial charge in [-0.1, -0.05) is 0 Å². The molecule has 0 spiro atoms. The lowest BCUT2D eigenvalue weighted by Crippen LogP contribution is -2.77. The van der Waals surface area contributed by atoms with E-state index in [4.69, 9.17) is 0 Å². The molecule has 0 aliphatic heterocycles. The Hall–Kier alpha value is -0.810. The molecule has 104 valence electrons. The lowest BCUT2D eigenvalue weighted by atomic mass is 9.90. The van der Waals surface area contributed by atoms with Crippen LogP contribution in [0.4, 0.5) is 48.3 Å². The van der Waals surface area contributed by atoms with Crippen molar-refractivity contribution in [2.75, 3.05) is 0 Å². The van der Waals surface area contributed by atoms with E-state index in [1.165, 1.54) is 0 Å². The summed E-state index contributed by atoms with van der Waals surface area (Å²) in [5, 5.41) is 0. The lowest BCUT2D eigenvalue weighted by Gasteiger charge is -2.39. The van der Waals surface area contributed by atoms with Gasteiger partial charge in [0.25, 0.3) is 5.54 Å². The molecule has 12 heteroatoms. The Morgan fingerprint density at radius 3 is 0.765 bits per heavy atom. The van der Waals surface area contributed by atoms with Gasteiger partial charge in [0.2, 0.25) is 0 Å². The SMILES string of the molecule is NC(C(F)(F)F)(C(F)(F)F)C(F)(F)C(F)(F)F. The van der Waals surface area contributed by atoms with Crippen LogP contribution in [0.3, 0.4) is 0 Å². The second-order valence-corrected chi connectivity index (χ2v) is 2.88. The van der Waals surface area contributed by atoms with E-state index in [-0.39, 0.29) is 0 Å². The number of nitrogens with two attached hydrogens (primary N) is 1. The summed E-state index contributed by atoms with van der Waals surface area (Å²) >= 11 is 0. The fourth-order valence-corrected chi connectivity index (χ4v) is 0.740. The highest BCUT2D eigenvalue weighted by Gasteiger charge is 2.87. The van der Waals surface area contributed by atoms with E-state index in [9.17, 15) is 48.3 Å². The summed E-state index contributed by atoms with van der Waals surface area (Å²) in [6.45, 7) is 0. The average Bonchev–Trinajstić information content (AvgIpc) is 1.95. The van der Waals surface area contributed by atoms with Crippen LogP contribution in [-0.4, -0.2) is 30.0 Å². The maximum Gasteiger partial charge on any atom is 0.456 e. The summed E-state index contributed by atoms with van der Waals surface area (Å²) in [7, 11) is 0. The largest absolute Gasteiger partial charge is 0.456 e. The third-order valence-corrected chi connectivity index (χ3v) is 1.75. The zero-order valence-corrected chi connectivity index (χ0v) is 7.23. The van der Waals surface area contributed by atoms with E-state index in [0.717, 1.165) is 0 Å². The summed E-state index contributed by atoms with van der Waals surface area (Å²) in [5.41, 5.74) is -3.41. The zero-order valence-electron chi connectivity index (χ0n) is 7.23. The first-order valence-electron chi connectivity index (χ1n) is 3.37. The van der Waals surface area contributed by atoms with E-state index < -0.39 is 30.0 Å². The second kappa shape index (κ2) is 3.59. The van der Waals surface area contributed by atoms with Crippen molar-refractivity contribution in [3.8, 4) is 0 Å². The molecule has 2 N–H and O–H groups in total. The van der Waals surface area contributed by atoms with Gasteiger partial charge in [-0.3, -0.25) is 0 Å². The third kappa shape index (κ3) is 2.13. The van der Waals surface area contributed by atoms with Gasteiger partial charge in [0.05, 0.1) is 0 Å². The van der Waals surface area contributed by atoms with Crippen molar-refractivity contribution in [1.29, 1.82) is 0 Å². The van der Waals surface area contributed by atoms with Crippen LogP contribution in [0.1, 0.15) is 0 Å². The minimum atomic E-state index is -7.21. The Bertz CT molecular complexity index is 266. The predicted molar refractivity (Wildman–Crippen MR) is 30.0 cm³/mol. The average molecular weight is 285 g/mol. The van der Waals surface area contributed by atoms with Crippen molar-refractivity contribution in [2.45, 2.75) is 30.0 Å². The van der Waals surface area contributed by atoms with Crippen LogP contribution in [0.15, 0.2) is 0 Å². The van der Waals surface area contributed by atoms with Gasteiger partial charge in [-0.2, -0.15) is 48.3 Å². The molecule has 0 atom stereocenters. The van der Waals surface area contributed by atoms with Crippen molar-refractivity contribution >= 4 is 0 Å². The second-order valence-electron chi connectivity index (χ2n) is 2.88. The van der Waals surface area contributed by atoms with Crippen LogP contribution in [0.5, 0.6) is 0 Å². The van der Waals surface area contributed by atoms with Gasteiger partial charge in [-0.15, -0.1) is 0 Å². The van der Waals surface area contributed by atoms with Gasteiger partial charge in [-0.25, -0.2) is 0 Å².